The molecule has 0 spiro atoms. The molecule has 122 valence electrons. The molecule has 2 heterocycles. The zero-order valence-electron chi connectivity index (χ0n) is 13.0. The van der Waals surface area contributed by atoms with E-state index in [4.69, 9.17) is 18.6 Å². The van der Waals surface area contributed by atoms with Gasteiger partial charge in [0.15, 0.2) is 23.0 Å². The van der Waals surface area contributed by atoms with Crippen LogP contribution < -0.4 is 9.47 Å². The molecule has 0 unspecified atom stereocenters. The van der Waals surface area contributed by atoms with Crippen molar-refractivity contribution in [3.8, 4) is 11.5 Å². The molecular weight excluding hydrogens is 310 g/mol. The Morgan fingerprint density at radius 1 is 1.29 bits per heavy atom. The van der Waals surface area contributed by atoms with E-state index in [0.717, 1.165) is 5.56 Å². The second-order valence-corrected chi connectivity index (χ2v) is 4.82. The van der Waals surface area contributed by atoms with E-state index >= 15 is 0 Å². The molecule has 0 atom stereocenters. The monoisotopic (exact) mass is 325 g/mol. The lowest BCUT2D eigenvalue weighted by Gasteiger charge is -2.09. The molecule has 0 fully saturated rings. The fourth-order valence-corrected chi connectivity index (χ4v) is 2.12. The molecule has 6 heteroatoms. The van der Waals surface area contributed by atoms with Gasteiger partial charge in [-0.25, -0.2) is 9.79 Å². The van der Waals surface area contributed by atoms with Crippen LogP contribution in [-0.2, 0) is 9.53 Å². The first-order valence-electron chi connectivity index (χ1n) is 7.19. The smallest absolute Gasteiger partial charge is 0.363 e. The van der Waals surface area contributed by atoms with Gasteiger partial charge in [-0.3, -0.25) is 0 Å². The summed E-state index contributed by atoms with van der Waals surface area (Å²) in [6.45, 7) is 3.96. The summed E-state index contributed by atoms with van der Waals surface area (Å²) in [7, 11) is 1.56. The highest BCUT2D eigenvalue weighted by molar-refractivity contribution is 6.11. The maximum Gasteiger partial charge on any atom is 0.363 e. The molecule has 0 bridgehead atoms. The van der Waals surface area contributed by atoms with Crippen LogP contribution in [0.15, 0.2) is 64.4 Å². The van der Waals surface area contributed by atoms with Gasteiger partial charge in [0.05, 0.1) is 13.4 Å². The van der Waals surface area contributed by atoms with E-state index in [9.17, 15) is 4.79 Å². The van der Waals surface area contributed by atoms with E-state index in [2.05, 4.69) is 11.6 Å². The van der Waals surface area contributed by atoms with E-state index in [1.54, 1.807) is 49.6 Å². The highest BCUT2D eigenvalue weighted by Crippen LogP contribution is 2.29. The molecule has 1 aliphatic rings. The van der Waals surface area contributed by atoms with Gasteiger partial charge in [0.1, 0.15) is 6.61 Å². The molecule has 0 aliphatic carbocycles. The molecule has 1 aromatic heterocycles. The molecule has 6 nitrogen and oxygen atoms in total. The number of aliphatic imine (C=N–C) groups is 1. The number of carbonyl (C=O) groups excluding carboxylic acids is 1. The normalized spacial score (nSPS) is 15.1. The van der Waals surface area contributed by atoms with E-state index < -0.39 is 5.97 Å². The Labute approximate surface area is 138 Å². The van der Waals surface area contributed by atoms with Gasteiger partial charge in [-0.05, 0) is 35.9 Å². The van der Waals surface area contributed by atoms with Gasteiger partial charge in [-0.15, -0.1) is 0 Å². The predicted octanol–water partition coefficient (Wildman–Crippen LogP) is 3.20. The van der Waals surface area contributed by atoms with Gasteiger partial charge < -0.3 is 18.6 Å². The van der Waals surface area contributed by atoms with Crippen molar-refractivity contribution in [1.29, 1.82) is 0 Å². The minimum Gasteiger partial charge on any atom is -0.493 e. The zero-order chi connectivity index (χ0) is 16.9. The lowest BCUT2D eigenvalue weighted by atomic mass is 10.1. The Hall–Kier alpha value is -3.28. The number of cyclic esters (lactones) is 1. The number of benzene rings is 1. The number of furan rings is 1. The highest BCUT2D eigenvalue weighted by Gasteiger charge is 2.25. The lowest BCUT2D eigenvalue weighted by Crippen LogP contribution is -2.04. The maximum atomic E-state index is 11.9. The highest BCUT2D eigenvalue weighted by atomic mass is 16.6. The van der Waals surface area contributed by atoms with Crippen LogP contribution in [-0.4, -0.2) is 25.6 Å². The largest absolute Gasteiger partial charge is 0.493 e. The molecular formula is C18H15NO5. The van der Waals surface area contributed by atoms with E-state index in [1.165, 1.54) is 6.26 Å². The SMILES string of the molecule is C=CCOc1cc(/C=C2\N=C(c3ccco3)OC2=O)ccc1OC. The van der Waals surface area contributed by atoms with Crippen LogP contribution in [0.25, 0.3) is 6.08 Å². The van der Waals surface area contributed by atoms with Crippen LogP contribution >= 0.6 is 0 Å². The summed E-state index contributed by atoms with van der Waals surface area (Å²) in [5.74, 6) is 1.15. The molecule has 0 amide bonds. The van der Waals surface area contributed by atoms with Crippen molar-refractivity contribution in [2.75, 3.05) is 13.7 Å². The van der Waals surface area contributed by atoms with Crippen LogP contribution in [0.3, 0.4) is 0 Å². The quantitative estimate of drug-likeness (QED) is 0.463. The number of hydrogen-bond donors (Lipinski definition) is 0. The first-order valence-corrected chi connectivity index (χ1v) is 7.19. The second-order valence-electron chi connectivity index (χ2n) is 4.82. The molecule has 2 aromatic rings. The summed E-state index contributed by atoms with van der Waals surface area (Å²) in [5.41, 5.74) is 0.910. The molecule has 1 aliphatic heterocycles. The average molecular weight is 325 g/mol. The number of carbonyl (C=O) groups is 1. The summed E-state index contributed by atoms with van der Waals surface area (Å²) >= 11 is 0. The van der Waals surface area contributed by atoms with Crippen molar-refractivity contribution in [2.45, 2.75) is 0 Å². The third-order valence-corrected chi connectivity index (χ3v) is 3.20. The van der Waals surface area contributed by atoms with Crippen molar-refractivity contribution in [2.24, 2.45) is 4.99 Å². The summed E-state index contributed by atoms with van der Waals surface area (Å²) in [6, 6.07) is 8.66. The summed E-state index contributed by atoms with van der Waals surface area (Å²) in [6.07, 6.45) is 4.73. The molecule has 3 rings (SSSR count). The second kappa shape index (κ2) is 6.87. The number of ether oxygens (including phenoxy) is 3. The standard InChI is InChI=1S/C18H15NO5/c1-3-8-22-16-11-12(6-7-14(16)21-2)10-13-18(20)24-17(19-13)15-5-4-9-23-15/h3-7,9-11H,1,8H2,2H3/b13-10-. The molecule has 0 radical (unpaired) electrons. The number of esters is 1. The molecule has 24 heavy (non-hydrogen) atoms. The summed E-state index contributed by atoms with van der Waals surface area (Å²) in [4.78, 5) is 16.1. The predicted molar refractivity (Wildman–Crippen MR) is 88.0 cm³/mol. The first-order chi connectivity index (χ1) is 11.7. The van der Waals surface area contributed by atoms with Gasteiger partial charge in [0.25, 0.3) is 5.90 Å². The number of hydrogen-bond acceptors (Lipinski definition) is 6. The summed E-state index contributed by atoms with van der Waals surface area (Å²) < 4.78 is 21.1. The van der Waals surface area contributed by atoms with E-state index in [0.29, 0.717) is 23.9 Å². The van der Waals surface area contributed by atoms with Crippen molar-refractivity contribution >= 4 is 17.9 Å². The number of rotatable bonds is 6. The zero-order valence-corrected chi connectivity index (χ0v) is 13.0. The van der Waals surface area contributed by atoms with Crippen LogP contribution in [0.2, 0.25) is 0 Å². The fourth-order valence-electron chi connectivity index (χ4n) is 2.12. The minimum absolute atomic E-state index is 0.146. The Morgan fingerprint density at radius 3 is 2.88 bits per heavy atom. The lowest BCUT2D eigenvalue weighted by molar-refractivity contribution is -0.130. The van der Waals surface area contributed by atoms with E-state index in [1.807, 2.05) is 0 Å². The molecule has 1 aromatic carbocycles. The van der Waals surface area contributed by atoms with Crippen LogP contribution in [0, 0.1) is 0 Å². The number of methoxy groups -OCH3 is 1. The van der Waals surface area contributed by atoms with Gasteiger partial charge in [0, 0.05) is 0 Å². The average Bonchev–Trinajstić information content (AvgIpc) is 3.23. The van der Waals surface area contributed by atoms with Crippen molar-refractivity contribution < 1.29 is 23.4 Å². The molecule has 0 N–H and O–H groups in total. The third-order valence-electron chi connectivity index (χ3n) is 3.20. The maximum absolute atomic E-state index is 11.9. The van der Waals surface area contributed by atoms with Gasteiger partial charge >= 0.3 is 5.97 Å². The Balaban J connectivity index is 1.90. The van der Waals surface area contributed by atoms with Crippen LogP contribution in [0.5, 0.6) is 11.5 Å². The minimum atomic E-state index is -0.536. The Morgan fingerprint density at radius 2 is 2.17 bits per heavy atom. The van der Waals surface area contributed by atoms with Crippen LogP contribution in [0.1, 0.15) is 11.3 Å². The van der Waals surface area contributed by atoms with Crippen molar-refractivity contribution in [1.82, 2.24) is 0 Å². The van der Waals surface area contributed by atoms with Gasteiger partial charge in [0.2, 0.25) is 0 Å². The molecule has 0 saturated heterocycles. The van der Waals surface area contributed by atoms with Crippen molar-refractivity contribution in [3.05, 3.63) is 66.3 Å². The van der Waals surface area contributed by atoms with Gasteiger partial charge in [-0.1, -0.05) is 18.7 Å². The third kappa shape index (κ3) is 3.22. The first kappa shape index (κ1) is 15.6. The topological polar surface area (TPSA) is 70.3 Å². The van der Waals surface area contributed by atoms with Crippen molar-refractivity contribution in [3.63, 3.8) is 0 Å². The van der Waals surface area contributed by atoms with Gasteiger partial charge in [-0.2, -0.15) is 0 Å². The van der Waals surface area contributed by atoms with Crippen LogP contribution in [0.4, 0.5) is 0 Å². The fraction of sp³-hybridized carbons (Fsp3) is 0.111. The summed E-state index contributed by atoms with van der Waals surface area (Å²) in [5, 5.41) is 0. The molecule has 0 saturated carbocycles. The van der Waals surface area contributed by atoms with E-state index in [-0.39, 0.29) is 11.6 Å². The Bertz CT molecular complexity index is 818. The number of nitrogens with zero attached hydrogens (tertiary/aromatic N) is 1. The Kier molecular flexibility index (Phi) is 4.47.